The molecule has 10 heteroatoms. The minimum atomic E-state index is -4.52. The smallest absolute Gasteiger partial charge is 0.294 e. The first-order valence-electron chi connectivity index (χ1n) is 8.29. The van der Waals surface area contributed by atoms with E-state index in [0.717, 1.165) is 21.4 Å². The second-order valence-corrected chi connectivity index (χ2v) is 6.63. The summed E-state index contributed by atoms with van der Waals surface area (Å²) in [5.74, 6) is -0.566. The quantitative estimate of drug-likeness (QED) is 0.459. The van der Waals surface area contributed by atoms with E-state index in [1.807, 2.05) is 0 Å². The summed E-state index contributed by atoms with van der Waals surface area (Å²) in [4.78, 5) is 16.9. The first-order valence-corrected chi connectivity index (χ1v) is 8.67. The van der Waals surface area contributed by atoms with Gasteiger partial charge in [0.05, 0.1) is 24.0 Å². The van der Waals surface area contributed by atoms with Crippen molar-refractivity contribution < 1.29 is 17.6 Å². The Bertz CT molecular complexity index is 1260. The van der Waals surface area contributed by atoms with Crippen LogP contribution in [0.25, 0.3) is 16.7 Å². The van der Waals surface area contributed by atoms with Crippen LogP contribution in [0.3, 0.4) is 0 Å². The molecule has 0 saturated heterocycles. The van der Waals surface area contributed by atoms with Gasteiger partial charge < -0.3 is 0 Å². The summed E-state index contributed by atoms with van der Waals surface area (Å²) in [7, 11) is 0. The fourth-order valence-electron chi connectivity index (χ4n) is 2.92. The lowest BCUT2D eigenvalue weighted by molar-refractivity contribution is -0.137. The number of hydrogen-bond donors (Lipinski definition) is 0. The van der Waals surface area contributed by atoms with Crippen molar-refractivity contribution in [3.63, 3.8) is 0 Å². The van der Waals surface area contributed by atoms with Gasteiger partial charge in [-0.2, -0.15) is 18.3 Å². The molecule has 0 bridgehead atoms. The average molecular weight is 423 g/mol. The van der Waals surface area contributed by atoms with E-state index in [9.17, 15) is 22.4 Å². The van der Waals surface area contributed by atoms with Gasteiger partial charge in [-0.1, -0.05) is 23.7 Å². The molecule has 0 unspecified atom stereocenters. The SMILES string of the molecule is O=c1c2cnn(-c3cccc(C(F)(F)F)c3)c2ncn1Cc1c(F)cccc1Cl. The zero-order valence-electron chi connectivity index (χ0n) is 14.5. The Kier molecular flexibility index (Phi) is 4.62. The van der Waals surface area contributed by atoms with E-state index in [1.165, 1.54) is 42.9 Å². The van der Waals surface area contributed by atoms with Gasteiger partial charge in [-0.3, -0.25) is 9.36 Å². The molecule has 4 rings (SSSR count). The zero-order chi connectivity index (χ0) is 20.8. The van der Waals surface area contributed by atoms with E-state index in [-0.39, 0.29) is 33.9 Å². The Morgan fingerprint density at radius 1 is 1.10 bits per heavy atom. The Morgan fingerprint density at radius 3 is 2.59 bits per heavy atom. The van der Waals surface area contributed by atoms with Gasteiger partial charge >= 0.3 is 6.18 Å². The fraction of sp³-hybridized carbons (Fsp3) is 0.105. The van der Waals surface area contributed by atoms with Gasteiger partial charge in [0.1, 0.15) is 17.5 Å². The number of halogens is 5. The Balaban J connectivity index is 1.78. The molecule has 0 aliphatic carbocycles. The zero-order valence-corrected chi connectivity index (χ0v) is 15.2. The third kappa shape index (κ3) is 3.49. The predicted octanol–water partition coefficient (Wildman–Crippen LogP) is 4.44. The highest BCUT2D eigenvalue weighted by atomic mass is 35.5. The molecule has 0 radical (unpaired) electrons. The molecule has 0 aliphatic rings. The highest BCUT2D eigenvalue weighted by Crippen LogP contribution is 2.30. The fourth-order valence-corrected chi connectivity index (χ4v) is 3.14. The Morgan fingerprint density at radius 2 is 1.86 bits per heavy atom. The van der Waals surface area contributed by atoms with Crippen LogP contribution in [0.5, 0.6) is 0 Å². The van der Waals surface area contributed by atoms with Crippen LogP contribution < -0.4 is 5.56 Å². The molecule has 0 spiro atoms. The summed E-state index contributed by atoms with van der Waals surface area (Å²) in [6.45, 7) is -0.151. The topological polar surface area (TPSA) is 52.7 Å². The first-order chi connectivity index (χ1) is 13.8. The number of nitrogens with zero attached hydrogens (tertiary/aromatic N) is 4. The van der Waals surface area contributed by atoms with E-state index in [0.29, 0.717) is 0 Å². The predicted molar refractivity (Wildman–Crippen MR) is 98.6 cm³/mol. The lowest BCUT2D eigenvalue weighted by Crippen LogP contribution is -2.21. The molecule has 2 aromatic carbocycles. The van der Waals surface area contributed by atoms with E-state index in [2.05, 4.69) is 10.1 Å². The van der Waals surface area contributed by atoms with E-state index in [4.69, 9.17) is 11.6 Å². The van der Waals surface area contributed by atoms with Gasteiger partial charge in [-0.15, -0.1) is 0 Å². The Labute approximate surface area is 165 Å². The number of benzene rings is 2. The molecule has 2 heterocycles. The van der Waals surface area contributed by atoms with Crippen molar-refractivity contribution >= 4 is 22.6 Å². The van der Waals surface area contributed by atoms with E-state index < -0.39 is 23.1 Å². The summed E-state index contributed by atoms with van der Waals surface area (Å²) >= 11 is 6.00. The van der Waals surface area contributed by atoms with Gasteiger partial charge in [0.25, 0.3) is 5.56 Å². The molecule has 0 fully saturated rings. The number of fused-ring (bicyclic) bond motifs is 1. The van der Waals surface area contributed by atoms with Crippen LogP contribution in [0.2, 0.25) is 5.02 Å². The number of aromatic nitrogens is 4. The van der Waals surface area contributed by atoms with Crippen molar-refractivity contribution in [3.8, 4) is 5.69 Å². The van der Waals surface area contributed by atoms with E-state index in [1.54, 1.807) is 0 Å². The van der Waals surface area contributed by atoms with Crippen LogP contribution in [0.4, 0.5) is 17.6 Å². The summed E-state index contributed by atoms with van der Waals surface area (Å²) in [5.41, 5.74) is -1.04. The summed E-state index contributed by atoms with van der Waals surface area (Å²) in [6.07, 6.45) is -2.12. The highest BCUT2D eigenvalue weighted by molar-refractivity contribution is 6.31. The van der Waals surface area contributed by atoms with Crippen LogP contribution in [0.15, 0.2) is 59.8 Å². The van der Waals surface area contributed by atoms with Crippen molar-refractivity contribution in [3.05, 3.63) is 87.3 Å². The van der Waals surface area contributed by atoms with Gasteiger partial charge in [0.15, 0.2) is 5.65 Å². The molecule has 29 heavy (non-hydrogen) atoms. The van der Waals surface area contributed by atoms with Gasteiger partial charge in [0.2, 0.25) is 0 Å². The molecular formula is C19H11ClF4N4O. The third-order valence-electron chi connectivity index (χ3n) is 4.36. The largest absolute Gasteiger partial charge is 0.416 e. The standard InChI is InChI=1S/C19H11ClF4N4O/c20-15-5-2-6-16(21)14(15)9-27-10-25-17-13(18(27)29)8-26-28(17)12-4-1-3-11(7-12)19(22,23)24/h1-8,10H,9H2. The summed E-state index contributed by atoms with van der Waals surface area (Å²) < 4.78 is 55.2. The van der Waals surface area contributed by atoms with Crippen LogP contribution in [0.1, 0.15) is 11.1 Å². The van der Waals surface area contributed by atoms with Crippen LogP contribution in [-0.4, -0.2) is 19.3 Å². The van der Waals surface area contributed by atoms with Crippen molar-refractivity contribution in [2.24, 2.45) is 0 Å². The van der Waals surface area contributed by atoms with Crippen molar-refractivity contribution in [2.75, 3.05) is 0 Å². The van der Waals surface area contributed by atoms with E-state index >= 15 is 0 Å². The first kappa shape index (κ1) is 19.1. The molecule has 0 atom stereocenters. The minimum absolute atomic E-state index is 0.0809. The lowest BCUT2D eigenvalue weighted by Gasteiger charge is -2.10. The van der Waals surface area contributed by atoms with Crippen molar-refractivity contribution in [1.82, 2.24) is 19.3 Å². The molecule has 4 aromatic rings. The van der Waals surface area contributed by atoms with Gasteiger partial charge in [-0.25, -0.2) is 14.1 Å². The molecule has 0 aliphatic heterocycles. The lowest BCUT2D eigenvalue weighted by atomic mass is 10.2. The number of hydrogen-bond acceptors (Lipinski definition) is 3. The third-order valence-corrected chi connectivity index (χ3v) is 4.72. The highest BCUT2D eigenvalue weighted by Gasteiger charge is 2.30. The molecule has 0 saturated carbocycles. The monoisotopic (exact) mass is 422 g/mol. The average Bonchev–Trinajstić information content (AvgIpc) is 3.11. The molecule has 0 N–H and O–H groups in total. The molecule has 148 valence electrons. The van der Waals surface area contributed by atoms with Gasteiger partial charge in [0, 0.05) is 10.6 Å². The van der Waals surface area contributed by atoms with Crippen LogP contribution >= 0.6 is 11.6 Å². The normalized spacial score (nSPS) is 11.9. The minimum Gasteiger partial charge on any atom is -0.294 e. The molecular weight excluding hydrogens is 412 g/mol. The van der Waals surface area contributed by atoms with Crippen molar-refractivity contribution in [1.29, 1.82) is 0 Å². The van der Waals surface area contributed by atoms with Crippen LogP contribution in [-0.2, 0) is 12.7 Å². The van der Waals surface area contributed by atoms with Crippen molar-refractivity contribution in [2.45, 2.75) is 12.7 Å². The Hall–Kier alpha value is -3.20. The van der Waals surface area contributed by atoms with Gasteiger partial charge in [-0.05, 0) is 30.3 Å². The number of alkyl halides is 3. The summed E-state index contributed by atoms with van der Waals surface area (Å²) in [6, 6.07) is 8.70. The summed E-state index contributed by atoms with van der Waals surface area (Å²) in [5, 5.41) is 4.25. The second-order valence-electron chi connectivity index (χ2n) is 6.22. The maximum atomic E-state index is 14.0. The molecule has 0 amide bonds. The second kappa shape index (κ2) is 7.00. The maximum absolute atomic E-state index is 14.0. The van der Waals surface area contributed by atoms with Crippen LogP contribution in [0, 0.1) is 5.82 Å². The number of rotatable bonds is 3. The molecule has 5 nitrogen and oxygen atoms in total. The maximum Gasteiger partial charge on any atom is 0.416 e. The molecule has 2 aromatic heterocycles.